The summed E-state index contributed by atoms with van der Waals surface area (Å²) in [5.41, 5.74) is -0.122. The van der Waals surface area contributed by atoms with Gasteiger partial charge < -0.3 is 18.8 Å². The summed E-state index contributed by atoms with van der Waals surface area (Å²) in [6, 6.07) is 7.55. The molecule has 1 atom stereocenters. The van der Waals surface area contributed by atoms with Gasteiger partial charge >= 0.3 is 19.1 Å². The summed E-state index contributed by atoms with van der Waals surface area (Å²) < 4.78 is 23.5. The molecule has 3 saturated carbocycles. The van der Waals surface area contributed by atoms with Crippen molar-refractivity contribution in [2.24, 2.45) is 5.41 Å². The molecule has 3 aliphatic carbocycles. The summed E-state index contributed by atoms with van der Waals surface area (Å²) in [6.07, 6.45) is 1.25. The molecule has 0 amide bonds. The average molecular weight is 428 g/mol. The normalized spacial score (nSPS) is 32.3. The van der Waals surface area contributed by atoms with E-state index in [1.165, 1.54) is 0 Å². The molecule has 1 unspecified atom stereocenters. The Morgan fingerprint density at radius 3 is 2.10 bits per heavy atom. The van der Waals surface area contributed by atoms with Crippen molar-refractivity contribution in [3.05, 3.63) is 35.4 Å². The second kappa shape index (κ2) is 7.07. The van der Waals surface area contributed by atoms with Crippen molar-refractivity contribution in [2.75, 3.05) is 6.61 Å². The van der Waals surface area contributed by atoms with E-state index in [2.05, 4.69) is 0 Å². The third kappa shape index (κ3) is 3.15. The van der Waals surface area contributed by atoms with Crippen LogP contribution in [-0.4, -0.2) is 43.0 Å². The molecule has 7 heteroatoms. The van der Waals surface area contributed by atoms with E-state index in [4.69, 9.17) is 18.8 Å². The highest BCUT2D eigenvalue weighted by molar-refractivity contribution is 6.50. The van der Waals surface area contributed by atoms with E-state index in [1.54, 1.807) is 19.1 Å². The quantitative estimate of drug-likeness (QED) is 0.497. The van der Waals surface area contributed by atoms with Crippen molar-refractivity contribution < 1.29 is 28.4 Å². The molecule has 1 aromatic rings. The van der Waals surface area contributed by atoms with Crippen LogP contribution in [0.2, 0.25) is 5.82 Å². The predicted molar refractivity (Wildman–Crippen MR) is 117 cm³/mol. The number of benzene rings is 1. The monoisotopic (exact) mass is 428 g/mol. The van der Waals surface area contributed by atoms with Gasteiger partial charge in [-0.3, -0.25) is 4.79 Å². The van der Waals surface area contributed by atoms with Crippen molar-refractivity contribution >= 4 is 19.1 Å². The van der Waals surface area contributed by atoms with Crippen molar-refractivity contribution in [2.45, 2.75) is 89.8 Å². The number of hydrogen-bond donors (Lipinski definition) is 0. The number of rotatable bonds is 6. The van der Waals surface area contributed by atoms with Crippen molar-refractivity contribution in [3.63, 3.8) is 0 Å². The largest absolute Gasteiger partial charge is 0.463 e. The first-order chi connectivity index (χ1) is 14.4. The Labute approximate surface area is 185 Å². The zero-order valence-electron chi connectivity index (χ0n) is 19.6. The molecule has 1 heterocycles. The third-order valence-corrected chi connectivity index (χ3v) is 7.72. The zero-order chi connectivity index (χ0) is 22.8. The van der Waals surface area contributed by atoms with Crippen LogP contribution in [0.25, 0.3) is 0 Å². The minimum Gasteiger partial charge on any atom is -0.463 e. The Bertz CT molecular complexity index is 866. The van der Waals surface area contributed by atoms with E-state index >= 15 is 0 Å². The molecule has 4 aliphatic rings. The maximum Gasteiger partial charge on any atom is 0.463 e. The molecule has 0 spiro atoms. The Balaban J connectivity index is 1.64. The van der Waals surface area contributed by atoms with Gasteiger partial charge in [0.1, 0.15) is 0 Å². The second-order valence-corrected chi connectivity index (χ2v) is 10.5. The second-order valence-electron chi connectivity index (χ2n) is 10.5. The number of ether oxygens (including phenoxy) is 2. The molecule has 6 nitrogen and oxygen atoms in total. The lowest BCUT2D eigenvalue weighted by Crippen LogP contribution is -2.76. The van der Waals surface area contributed by atoms with Gasteiger partial charge in [0, 0.05) is 5.82 Å². The molecular weight excluding hydrogens is 395 g/mol. The third-order valence-electron chi connectivity index (χ3n) is 7.72. The van der Waals surface area contributed by atoms with Crippen LogP contribution in [0.3, 0.4) is 0 Å². The fraction of sp³-hybridized carbons (Fsp3) is 0.667. The molecule has 1 aromatic carbocycles. The van der Waals surface area contributed by atoms with Crippen LogP contribution < -0.4 is 0 Å². The van der Waals surface area contributed by atoms with Crippen molar-refractivity contribution in [1.29, 1.82) is 0 Å². The number of esters is 2. The van der Waals surface area contributed by atoms with Crippen molar-refractivity contribution in [3.8, 4) is 0 Å². The van der Waals surface area contributed by atoms with Crippen molar-refractivity contribution in [1.82, 2.24) is 0 Å². The molecule has 0 aromatic heterocycles. The molecule has 168 valence electrons. The number of hydrogen-bond acceptors (Lipinski definition) is 6. The van der Waals surface area contributed by atoms with Crippen LogP contribution in [-0.2, 0) is 29.0 Å². The fourth-order valence-corrected chi connectivity index (χ4v) is 5.47. The van der Waals surface area contributed by atoms with Gasteiger partial charge in [0.05, 0.1) is 34.9 Å². The first-order valence-electron chi connectivity index (χ1n) is 11.2. The Morgan fingerprint density at radius 1 is 1.06 bits per heavy atom. The highest BCUT2D eigenvalue weighted by Crippen LogP contribution is 2.82. The van der Waals surface area contributed by atoms with E-state index in [9.17, 15) is 9.59 Å². The lowest BCUT2D eigenvalue weighted by molar-refractivity contribution is -0.207. The molecule has 2 bridgehead atoms. The summed E-state index contributed by atoms with van der Waals surface area (Å²) in [5, 5.41) is 0. The highest BCUT2D eigenvalue weighted by Gasteiger charge is 2.84. The van der Waals surface area contributed by atoms with Crippen LogP contribution >= 0.6 is 0 Å². The fourth-order valence-electron chi connectivity index (χ4n) is 5.47. The lowest BCUT2D eigenvalue weighted by Gasteiger charge is -2.75. The maximum absolute atomic E-state index is 13.1. The van der Waals surface area contributed by atoms with Gasteiger partial charge in [-0.25, -0.2) is 4.79 Å². The Hall–Kier alpha value is -1.86. The first kappa shape index (κ1) is 22.3. The molecule has 1 saturated heterocycles. The van der Waals surface area contributed by atoms with Gasteiger partial charge in [-0.15, -0.1) is 0 Å². The summed E-state index contributed by atoms with van der Waals surface area (Å²) in [4.78, 5) is 25.1. The molecule has 4 fully saturated rings. The van der Waals surface area contributed by atoms with Gasteiger partial charge in [-0.05, 0) is 84.4 Å². The van der Waals surface area contributed by atoms with Gasteiger partial charge in [0.25, 0.3) is 0 Å². The average Bonchev–Trinajstić information content (AvgIpc) is 2.79. The predicted octanol–water partition coefficient (Wildman–Crippen LogP) is 4.31. The zero-order valence-corrected chi connectivity index (χ0v) is 19.6. The van der Waals surface area contributed by atoms with E-state index in [-0.39, 0.29) is 29.3 Å². The standard InChI is InChI=1S/C24H33BO6/c1-8-28-18(26)16-9-11-17(12-10-16)23-13-24(14-23,20(27)29-15(2)3)19(23)25-30-21(4,5)22(6,7)31-25/h9-12,15,19H,8,13-14H2,1-7H3. The first-order valence-corrected chi connectivity index (χ1v) is 11.2. The smallest absolute Gasteiger partial charge is 0.463 e. The van der Waals surface area contributed by atoms with Crippen LogP contribution in [0.15, 0.2) is 24.3 Å². The molecule has 0 radical (unpaired) electrons. The molecule has 0 N–H and O–H groups in total. The minimum atomic E-state index is -0.578. The summed E-state index contributed by atoms with van der Waals surface area (Å²) in [6.45, 7) is 14.0. The minimum absolute atomic E-state index is 0.124. The van der Waals surface area contributed by atoms with Crippen LogP contribution in [0, 0.1) is 5.41 Å². The highest BCUT2D eigenvalue weighted by atomic mass is 16.7. The van der Waals surface area contributed by atoms with E-state index in [1.807, 2.05) is 53.7 Å². The maximum atomic E-state index is 13.1. The van der Waals surface area contributed by atoms with E-state index < -0.39 is 23.7 Å². The summed E-state index contributed by atoms with van der Waals surface area (Å²) in [5.74, 6) is -0.612. The molecule has 5 rings (SSSR count). The topological polar surface area (TPSA) is 71.1 Å². The van der Waals surface area contributed by atoms with Crippen LogP contribution in [0.4, 0.5) is 0 Å². The van der Waals surface area contributed by atoms with Gasteiger partial charge in [0.15, 0.2) is 0 Å². The van der Waals surface area contributed by atoms with Gasteiger partial charge in [-0.1, -0.05) is 12.1 Å². The summed E-state index contributed by atoms with van der Waals surface area (Å²) in [7, 11) is -0.489. The van der Waals surface area contributed by atoms with Crippen LogP contribution in [0.5, 0.6) is 0 Å². The lowest BCUT2D eigenvalue weighted by atomic mass is 9.20. The van der Waals surface area contributed by atoms with E-state index in [0.29, 0.717) is 25.0 Å². The van der Waals surface area contributed by atoms with Gasteiger partial charge in [0.2, 0.25) is 0 Å². The number of carbonyl (C=O) groups excluding carboxylic acids is 2. The SMILES string of the molecule is CCOC(=O)c1ccc(C23CC(C(=O)OC(C)C)(C2)C3B2OC(C)(C)C(C)(C)O2)cc1. The Morgan fingerprint density at radius 2 is 1.61 bits per heavy atom. The summed E-state index contributed by atoms with van der Waals surface area (Å²) >= 11 is 0. The van der Waals surface area contributed by atoms with Gasteiger partial charge in [-0.2, -0.15) is 0 Å². The van der Waals surface area contributed by atoms with E-state index in [0.717, 1.165) is 5.56 Å². The molecule has 1 aliphatic heterocycles. The molecule has 31 heavy (non-hydrogen) atoms. The molecular formula is C24H33BO6. The number of carbonyl (C=O) groups is 2. The van der Waals surface area contributed by atoms with Crippen LogP contribution in [0.1, 0.15) is 77.2 Å². The Kier molecular flexibility index (Phi) is 5.10.